The zero-order valence-electron chi connectivity index (χ0n) is 15.9. The van der Waals surface area contributed by atoms with Crippen molar-refractivity contribution < 1.29 is 4.79 Å². The standard InChI is InChI=1S/C21H24N4O2/c1-4-13(3)25-19-18(24-21(25)27)16(9-10-22-19)17-11-15(8-5-12(17)2)23-20(26)14-6-7-14/h5,8-11,13-14H,4,6-7H2,1-3H3,(H,23,26)(H,24,27). The molecule has 0 bridgehead atoms. The van der Waals surface area contributed by atoms with Crippen molar-refractivity contribution in [2.75, 3.05) is 5.32 Å². The number of amides is 1. The lowest BCUT2D eigenvalue weighted by molar-refractivity contribution is -0.117. The van der Waals surface area contributed by atoms with Crippen molar-refractivity contribution in [3.63, 3.8) is 0 Å². The Morgan fingerprint density at radius 1 is 1.33 bits per heavy atom. The van der Waals surface area contributed by atoms with Gasteiger partial charge >= 0.3 is 5.69 Å². The maximum absolute atomic E-state index is 12.5. The number of H-pyrrole nitrogens is 1. The first-order valence-electron chi connectivity index (χ1n) is 9.50. The number of nitrogens with zero attached hydrogens (tertiary/aromatic N) is 2. The highest BCUT2D eigenvalue weighted by Gasteiger charge is 2.29. The highest BCUT2D eigenvalue weighted by atomic mass is 16.2. The van der Waals surface area contributed by atoms with Gasteiger partial charge in [0.25, 0.3) is 0 Å². The molecule has 3 aromatic rings. The van der Waals surface area contributed by atoms with E-state index in [-0.39, 0.29) is 23.6 Å². The van der Waals surface area contributed by atoms with Gasteiger partial charge in [-0.15, -0.1) is 0 Å². The molecule has 0 spiro atoms. The number of nitrogens with one attached hydrogen (secondary N) is 2. The monoisotopic (exact) mass is 364 g/mol. The lowest BCUT2D eigenvalue weighted by Gasteiger charge is -2.12. The minimum atomic E-state index is -0.143. The molecule has 0 radical (unpaired) electrons. The second kappa shape index (κ2) is 6.68. The number of aromatic nitrogens is 3. The maximum Gasteiger partial charge on any atom is 0.327 e. The third kappa shape index (κ3) is 3.16. The number of aryl methyl sites for hydroxylation is 1. The van der Waals surface area contributed by atoms with E-state index in [9.17, 15) is 9.59 Å². The summed E-state index contributed by atoms with van der Waals surface area (Å²) in [6.07, 6.45) is 4.53. The summed E-state index contributed by atoms with van der Waals surface area (Å²) in [4.78, 5) is 32.0. The van der Waals surface area contributed by atoms with Crippen LogP contribution >= 0.6 is 0 Å². The Morgan fingerprint density at radius 3 is 2.81 bits per heavy atom. The van der Waals surface area contributed by atoms with Gasteiger partial charge < -0.3 is 10.3 Å². The number of anilines is 1. The molecule has 2 aromatic heterocycles. The van der Waals surface area contributed by atoms with Crippen molar-refractivity contribution in [3.8, 4) is 11.1 Å². The van der Waals surface area contributed by atoms with Crippen LogP contribution in [0.1, 0.15) is 44.7 Å². The first-order valence-corrected chi connectivity index (χ1v) is 9.50. The predicted molar refractivity (Wildman–Crippen MR) is 107 cm³/mol. The molecule has 1 atom stereocenters. The normalized spacial score (nSPS) is 15.1. The molecule has 1 saturated carbocycles. The zero-order chi connectivity index (χ0) is 19.1. The minimum absolute atomic E-state index is 0.0688. The van der Waals surface area contributed by atoms with E-state index in [0.717, 1.165) is 47.2 Å². The van der Waals surface area contributed by atoms with E-state index >= 15 is 0 Å². The van der Waals surface area contributed by atoms with Crippen LogP contribution in [-0.4, -0.2) is 20.4 Å². The third-order valence-electron chi connectivity index (χ3n) is 5.38. The van der Waals surface area contributed by atoms with E-state index < -0.39 is 0 Å². The average molecular weight is 364 g/mol. The van der Waals surface area contributed by atoms with Crippen molar-refractivity contribution in [3.05, 3.63) is 46.5 Å². The van der Waals surface area contributed by atoms with Gasteiger partial charge in [-0.1, -0.05) is 13.0 Å². The van der Waals surface area contributed by atoms with Crippen LogP contribution in [0.25, 0.3) is 22.3 Å². The zero-order valence-corrected chi connectivity index (χ0v) is 15.9. The van der Waals surface area contributed by atoms with Crippen LogP contribution in [0.5, 0.6) is 0 Å². The van der Waals surface area contributed by atoms with E-state index in [0.29, 0.717) is 5.65 Å². The topological polar surface area (TPSA) is 79.8 Å². The lowest BCUT2D eigenvalue weighted by Crippen LogP contribution is -2.20. The Labute approximate surface area is 157 Å². The van der Waals surface area contributed by atoms with Crippen molar-refractivity contribution in [1.82, 2.24) is 14.5 Å². The summed E-state index contributed by atoms with van der Waals surface area (Å²) in [5.41, 5.74) is 5.00. The molecular formula is C21H24N4O2. The van der Waals surface area contributed by atoms with Crippen molar-refractivity contribution >= 4 is 22.8 Å². The number of carbonyl (C=O) groups is 1. The predicted octanol–water partition coefficient (Wildman–Crippen LogP) is 4.02. The van der Waals surface area contributed by atoms with E-state index in [1.54, 1.807) is 10.8 Å². The average Bonchev–Trinajstić information content (AvgIpc) is 3.45. The molecule has 1 aliphatic carbocycles. The summed E-state index contributed by atoms with van der Waals surface area (Å²) < 4.78 is 1.72. The van der Waals surface area contributed by atoms with E-state index in [2.05, 4.69) is 22.2 Å². The molecule has 0 aliphatic heterocycles. The van der Waals surface area contributed by atoms with Gasteiger partial charge in [-0.3, -0.25) is 9.36 Å². The van der Waals surface area contributed by atoms with Crippen LogP contribution in [0.3, 0.4) is 0 Å². The molecular weight excluding hydrogens is 340 g/mol. The van der Waals surface area contributed by atoms with Gasteiger partial charge in [-0.05, 0) is 62.4 Å². The summed E-state index contributed by atoms with van der Waals surface area (Å²) in [5.74, 6) is 0.240. The third-order valence-corrected chi connectivity index (χ3v) is 5.38. The summed E-state index contributed by atoms with van der Waals surface area (Å²) >= 11 is 0. The molecule has 1 unspecified atom stereocenters. The summed E-state index contributed by atoms with van der Waals surface area (Å²) in [7, 11) is 0. The number of fused-ring (bicyclic) bond motifs is 1. The molecule has 6 heteroatoms. The van der Waals surface area contributed by atoms with Crippen molar-refractivity contribution in [2.45, 2.75) is 46.1 Å². The molecule has 1 amide bonds. The van der Waals surface area contributed by atoms with Gasteiger partial charge in [0.05, 0.1) is 5.52 Å². The number of carbonyl (C=O) groups excluding carboxylic acids is 1. The Hall–Kier alpha value is -2.89. The van der Waals surface area contributed by atoms with Gasteiger partial charge in [0.15, 0.2) is 5.65 Å². The summed E-state index contributed by atoms with van der Waals surface area (Å²) in [5, 5.41) is 3.00. The fraction of sp³-hybridized carbons (Fsp3) is 0.381. The van der Waals surface area contributed by atoms with Gasteiger partial charge in [0.1, 0.15) is 0 Å². The van der Waals surface area contributed by atoms with Gasteiger partial charge in [-0.25, -0.2) is 9.78 Å². The van der Waals surface area contributed by atoms with E-state index in [4.69, 9.17) is 0 Å². The highest BCUT2D eigenvalue weighted by Crippen LogP contribution is 2.33. The lowest BCUT2D eigenvalue weighted by atomic mass is 9.99. The Bertz CT molecular complexity index is 1080. The molecule has 2 heterocycles. The smallest absolute Gasteiger partial charge is 0.326 e. The van der Waals surface area contributed by atoms with Crippen molar-refractivity contribution in [2.24, 2.45) is 5.92 Å². The number of rotatable bonds is 5. The largest absolute Gasteiger partial charge is 0.327 e. The van der Waals surface area contributed by atoms with Gasteiger partial charge in [0, 0.05) is 29.4 Å². The van der Waals surface area contributed by atoms with Crippen LogP contribution < -0.4 is 11.0 Å². The minimum Gasteiger partial charge on any atom is -0.326 e. The molecule has 4 rings (SSSR count). The van der Waals surface area contributed by atoms with Crippen molar-refractivity contribution in [1.29, 1.82) is 0 Å². The Kier molecular flexibility index (Phi) is 4.34. The fourth-order valence-electron chi connectivity index (χ4n) is 3.42. The Balaban J connectivity index is 1.82. The first kappa shape index (κ1) is 17.5. The number of benzene rings is 1. The summed E-state index contributed by atoms with van der Waals surface area (Å²) in [6, 6.07) is 7.87. The quantitative estimate of drug-likeness (QED) is 0.717. The second-order valence-electron chi connectivity index (χ2n) is 7.41. The number of pyridine rings is 1. The van der Waals surface area contributed by atoms with Gasteiger partial charge in [0.2, 0.25) is 5.91 Å². The number of imidazole rings is 1. The summed E-state index contributed by atoms with van der Waals surface area (Å²) in [6.45, 7) is 6.09. The molecule has 6 nitrogen and oxygen atoms in total. The van der Waals surface area contributed by atoms with Gasteiger partial charge in [-0.2, -0.15) is 0 Å². The van der Waals surface area contributed by atoms with Crippen LogP contribution in [0.4, 0.5) is 5.69 Å². The SMILES string of the molecule is CCC(C)n1c(=O)[nH]c2c(-c3cc(NC(=O)C4CC4)ccc3C)ccnc21. The first-order chi connectivity index (χ1) is 13.0. The van der Waals surface area contributed by atoms with E-state index in [1.807, 2.05) is 38.1 Å². The number of hydrogen-bond acceptors (Lipinski definition) is 3. The highest BCUT2D eigenvalue weighted by molar-refractivity contribution is 5.96. The van der Waals surface area contributed by atoms with Crippen LogP contribution in [0.2, 0.25) is 0 Å². The molecule has 140 valence electrons. The maximum atomic E-state index is 12.5. The number of aromatic amines is 1. The molecule has 1 aromatic carbocycles. The molecule has 1 aliphatic rings. The Morgan fingerprint density at radius 2 is 2.11 bits per heavy atom. The number of hydrogen-bond donors (Lipinski definition) is 2. The molecule has 0 saturated heterocycles. The molecule has 27 heavy (non-hydrogen) atoms. The van der Waals surface area contributed by atoms with Crippen LogP contribution in [-0.2, 0) is 4.79 Å². The van der Waals surface area contributed by atoms with Crippen LogP contribution in [0.15, 0.2) is 35.3 Å². The fourth-order valence-corrected chi connectivity index (χ4v) is 3.42. The molecule has 1 fully saturated rings. The van der Waals surface area contributed by atoms with E-state index in [1.165, 1.54) is 0 Å². The second-order valence-corrected chi connectivity index (χ2v) is 7.41. The molecule has 2 N–H and O–H groups in total. The van der Waals surface area contributed by atoms with Crippen LogP contribution in [0, 0.1) is 12.8 Å².